The third-order valence-electron chi connectivity index (χ3n) is 4.05. The highest BCUT2D eigenvalue weighted by Crippen LogP contribution is 2.31. The zero-order valence-corrected chi connectivity index (χ0v) is 12.0. The molecule has 1 aromatic carbocycles. The minimum Gasteiger partial charge on any atom is -0.469 e. The van der Waals surface area contributed by atoms with E-state index in [0.717, 1.165) is 19.6 Å². The van der Waals surface area contributed by atoms with E-state index in [0.29, 0.717) is 11.8 Å². The van der Waals surface area contributed by atoms with Crippen molar-refractivity contribution in [3.05, 3.63) is 35.9 Å². The van der Waals surface area contributed by atoms with Crippen LogP contribution in [0.1, 0.15) is 19.4 Å². The summed E-state index contributed by atoms with van der Waals surface area (Å²) in [6, 6.07) is 10.4. The van der Waals surface area contributed by atoms with E-state index in [2.05, 4.69) is 43.0 Å². The molecule has 1 aliphatic heterocycles. The maximum atomic E-state index is 11.9. The Morgan fingerprint density at radius 2 is 2.00 bits per heavy atom. The predicted molar refractivity (Wildman–Crippen MR) is 75.6 cm³/mol. The number of likely N-dealkylation sites (tertiary alicyclic amines) is 1. The Kier molecular flexibility index (Phi) is 4.59. The van der Waals surface area contributed by atoms with Crippen molar-refractivity contribution in [2.75, 3.05) is 20.2 Å². The average molecular weight is 261 g/mol. The molecule has 19 heavy (non-hydrogen) atoms. The van der Waals surface area contributed by atoms with Crippen LogP contribution in [-0.4, -0.2) is 31.1 Å². The van der Waals surface area contributed by atoms with Crippen molar-refractivity contribution in [3.8, 4) is 0 Å². The fourth-order valence-electron chi connectivity index (χ4n) is 2.96. The molecule has 1 saturated heterocycles. The lowest BCUT2D eigenvalue weighted by Crippen LogP contribution is -2.27. The summed E-state index contributed by atoms with van der Waals surface area (Å²) in [5.41, 5.74) is 1.30. The quantitative estimate of drug-likeness (QED) is 0.780. The first kappa shape index (κ1) is 14.1. The first-order valence-electron chi connectivity index (χ1n) is 6.96. The number of hydrogen-bond acceptors (Lipinski definition) is 3. The van der Waals surface area contributed by atoms with Crippen LogP contribution in [0.4, 0.5) is 0 Å². The smallest absolute Gasteiger partial charge is 0.310 e. The standard InChI is InChI=1S/C16H23NO2/c1-12(2)14-10-17(11-15(14)16(18)19-3)9-13-7-5-4-6-8-13/h4-8,12,14-15H,9-11H2,1-3H3/t14-,15+/m1/s1. The number of benzene rings is 1. The van der Waals surface area contributed by atoms with Crippen LogP contribution >= 0.6 is 0 Å². The van der Waals surface area contributed by atoms with Gasteiger partial charge < -0.3 is 4.74 Å². The van der Waals surface area contributed by atoms with Gasteiger partial charge in [0.1, 0.15) is 0 Å². The van der Waals surface area contributed by atoms with Gasteiger partial charge in [0.25, 0.3) is 0 Å². The molecule has 0 radical (unpaired) electrons. The summed E-state index contributed by atoms with van der Waals surface area (Å²) < 4.78 is 4.95. The number of rotatable bonds is 4. The van der Waals surface area contributed by atoms with Crippen LogP contribution in [0.2, 0.25) is 0 Å². The summed E-state index contributed by atoms with van der Waals surface area (Å²) in [5.74, 6) is 0.865. The molecular weight excluding hydrogens is 238 g/mol. The van der Waals surface area contributed by atoms with Gasteiger partial charge in [-0.1, -0.05) is 44.2 Å². The van der Waals surface area contributed by atoms with Gasteiger partial charge in [0.2, 0.25) is 0 Å². The van der Waals surface area contributed by atoms with Crippen molar-refractivity contribution in [2.45, 2.75) is 20.4 Å². The molecule has 0 N–H and O–H groups in total. The summed E-state index contributed by atoms with van der Waals surface area (Å²) in [4.78, 5) is 14.2. The minimum atomic E-state index is -0.0609. The lowest BCUT2D eigenvalue weighted by atomic mass is 9.86. The van der Waals surface area contributed by atoms with Crippen molar-refractivity contribution >= 4 is 5.97 Å². The molecular formula is C16H23NO2. The summed E-state index contributed by atoms with van der Waals surface area (Å²) in [6.07, 6.45) is 0. The lowest BCUT2D eigenvalue weighted by Gasteiger charge is -2.19. The van der Waals surface area contributed by atoms with E-state index < -0.39 is 0 Å². The van der Waals surface area contributed by atoms with Crippen LogP contribution in [-0.2, 0) is 16.1 Å². The Bertz CT molecular complexity index is 416. The van der Waals surface area contributed by atoms with Crippen molar-refractivity contribution in [2.24, 2.45) is 17.8 Å². The third kappa shape index (κ3) is 3.35. The maximum Gasteiger partial charge on any atom is 0.310 e. The predicted octanol–water partition coefficient (Wildman–Crippen LogP) is 2.56. The fraction of sp³-hybridized carbons (Fsp3) is 0.562. The van der Waals surface area contributed by atoms with E-state index in [9.17, 15) is 4.79 Å². The SMILES string of the molecule is COC(=O)[C@H]1CN(Cc2ccccc2)C[C@@H]1C(C)C. The largest absolute Gasteiger partial charge is 0.469 e. The average Bonchev–Trinajstić information content (AvgIpc) is 2.83. The molecule has 1 heterocycles. The van der Waals surface area contributed by atoms with E-state index in [4.69, 9.17) is 4.74 Å². The molecule has 2 rings (SSSR count). The Morgan fingerprint density at radius 1 is 1.32 bits per heavy atom. The zero-order chi connectivity index (χ0) is 13.8. The molecule has 1 aromatic rings. The zero-order valence-electron chi connectivity index (χ0n) is 12.0. The second-order valence-corrected chi connectivity index (χ2v) is 5.72. The summed E-state index contributed by atoms with van der Waals surface area (Å²) >= 11 is 0. The Balaban J connectivity index is 2.03. The minimum absolute atomic E-state index is 0.0220. The van der Waals surface area contributed by atoms with Gasteiger partial charge in [-0.3, -0.25) is 9.69 Å². The van der Waals surface area contributed by atoms with E-state index >= 15 is 0 Å². The summed E-state index contributed by atoms with van der Waals surface area (Å²) in [6.45, 7) is 7.08. The molecule has 0 aliphatic carbocycles. The Hall–Kier alpha value is -1.35. The van der Waals surface area contributed by atoms with Crippen LogP contribution in [0, 0.1) is 17.8 Å². The van der Waals surface area contributed by atoms with Gasteiger partial charge in [-0.2, -0.15) is 0 Å². The van der Waals surface area contributed by atoms with Gasteiger partial charge in [-0.25, -0.2) is 0 Å². The lowest BCUT2D eigenvalue weighted by molar-refractivity contribution is -0.146. The van der Waals surface area contributed by atoms with E-state index in [1.807, 2.05) is 6.07 Å². The molecule has 104 valence electrons. The first-order valence-corrected chi connectivity index (χ1v) is 6.96. The molecule has 3 heteroatoms. The highest BCUT2D eigenvalue weighted by molar-refractivity contribution is 5.73. The van der Waals surface area contributed by atoms with Crippen molar-refractivity contribution < 1.29 is 9.53 Å². The summed E-state index contributed by atoms with van der Waals surface area (Å²) in [7, 11) is 1.49. The van der Waals surface area contributed by atoms with Gasteiger partial charge in [-0.05, 0) is 17.4 Å². The van der Waals surface area contributed by atoms with Crippen LogP contribution in [0.25, 0.3) is 0 Å². The van der Waals surface area contributed by atoms with Crippen molar-refractivity contribution in [3.63, 3.8) is 0 Å². The van der Waals surface area contributed by atoms with Crippen LogP contribution in [0.3, 0.4) is 0 Å². The molecule has 1 aliphatic rings. The first-order chi connectivity index (χ1) is 9.11. The topological polar surface area (TPSA) is 29.5 Å². The molecule has 0 unspecified atom stereocenters. The van der Waals surface area contributed by atoms with Crippen molar-refractivity contribution in [1.82, 2.24) is 4.90 Å². The number of nitrogens with zero attached hydrogens (tertiary/aromatic N) is 1. The molecule has 0 aromatic heterocycles. The number of esters is 1. The number of carbonyl (C=O) groups excluding carboxylic acids is 1. The van der Waals surface area contributed by atoms with Gasteiger partial charge in [0.05, 0.1) is 13.0 Å². The monoisotopic (exact) mass is 261 g/mol. The van der Waals surface area contributed by atoms with Gasteiger partial charge in [0.15, 0.2) is 0 Å². The second-order valence-electron chi connectivity index (χ2n) is 5.72. The maximum absolute atomic E-state index is 11.9. The van der Waals surface area contributed by atoms with Crippen LogP contribution in [0.5, 0.6) is 0 Å². The molecule has 0 spiro atoms. The number of ether oxygens (including phenoxy) is 1. The van der Waals surface area contributed by atoms with E-state index in [1.54, 1.807) is 0 Å². The van der Waals surface area contributed by atoms with Gasteiger partial charge >= 0.3 is 5.97 Å². The summed E-state index contributed by atoms with van der Waals surface area (Å²) in [5, 5.41) is 0. The third-order valence-corrected chi connectivity index (χ3v) is 4.05. The van der Waals surface area contributed by atoms with E-state index in [1.165, 1.54) is 12.7 Å². The molecule has 1 fully saturated rings. The van der Waals surface area contributed by atoms with Crippen molar-refractivity contribution in [1.29, 1.82) is 0 Å². The number of carbonyl (C=O) groups is 1. The highest BCUT2D eigenvalue weighted by atomic mass is 16.5. The molecule has 0 amide bonds. The van der Waals surface area contributed by atoms with Crippen LogP contribution in [0.15, 0.2) is 30.3 Å². The van der Waals surface area contributed by atoms with E-state index in [-0.39, 0.29) is 11.9 Å². The molecule has 0 bridgehead atoms. The highest BCUT2D eigenvalue weighted by Gasteiger charge is 2.39. The van der Waals surface area contributed by atoms with Gasteiger partial charge in [0, 0.05) is 19.6 Å². The second kappa shape index (κ2) is 6.20. The normalized spacial score (nSPS) is 23.8. The Morgan fingerprint density at radius 3 is 2.58 bits per heavy atom. The number of methoxy groups -OCH3 is 1. The molecule has 3 nitrogen and oxygen atoms in total. The number of hydrogen-bond donors (Lipinski definition) is 0. The fourth-order valence-corrected chi connectivity index (χ4v) is 2.96. The Labute approximate surface area is 115 Å². The molecule has 0 saturated carbocycles. The van der Waals surface area contributed by atoms with Gasteiger partial charge in [-0.15, -0.1) is 0 Å². The van der Waals surface area contributed by atoms with Crippen LogP contribution < -0.4 is 0 Å². The molecule has 2 atom stereocenters.